The summed E-state index contributed by atoms with van der Waals surface area (Å²) in [5, 5.41) is 12.0. The number of halogens is 3. The summed E-state index contributed by atoms with van der Waals surface area (Å²) in [5.74, 6) is -0.262. The van der Waals surface area contributed by atoms with E-state index in [1.807, 2.05) is 12.1 Å². The molecule has 2 amide bonds. The van der Waals surface area contributed by atoms with Gasteiger partial charge in [0, 0.05) is 31.8 Å². The predicted molar refractivity (Wildman–Crippen MR) is 140 cm³/mol. The molecule has 0 aromatic heterocycles. The topological polar surface area (TPSA) is 119 Å². The van der Waals surface area contributed by atoms with Gasteiger partial charge in [0.25, 0.3) is 0 Å². The second-order valence-electron chi connectivity index (χ2n) is 7.82. The van der Waals surface area contributed by atoms with Gasteiger partial charge in [-0.25, -0.2) is 13.2 Å². The Balaban J connectivity index is 1.49. The number of benzene rings is 2. The quantitative estimate of drug-likeness (QED) is 0.267. The Morgan fingerprint density at radius 1 is 1.14 bits per heavy atom. The van der Waals surface area contributed by atoms with Crippen molar-refractivity contribution in [2.45, 2.75) is 11.4 Å². The van der Waals surface area contributed by atoms with E-state index < -0.39 is 21.8 Å². The van der Waals surface area contributed by atoms with Crippen LogP contribution in [0.3, 0.4) is 0 Å². The van der Waals surface area contributed by atoms with Gasteiger partial charge >= 0.3 is 6.09 Å². The number of carboxylic acid groups (broad SMARTS) is 1. The van der Waals surface area contributed by atoms with E-state index in [-0.39, 0.29) is 32.4 Å². The average Bonchev–Trinajstić information content (AvgIpc) is 3.33. The number of amidine groups is 1. The van der Waals surface area contributed by atoms with E-state index in [4.69, 9.17) is 34.8 Å². The first-order valence-corrected chi connectivity index (χ1v) is 13.4. The fraction of sp³-hybridized carbons (Fsp3) is 0.261. The molecule has 9 nitrogen and oxygen atoms in total. The molecule has 0 atom stereocenters. The number of hydrogen-bond donors (Lipinski definition) is 2. The van der Waals surface area contributed by atoms with E-state index in [9.17, 15) is 23.1 Å². The summed E-state index contributed by atoms with van der Waals surface area (Å²) in [4.78, 5) is 30.5. The van der Waals surface area contributed by atoms with Crippen LogP contribution in [0.1, 0.15) is 11.1 Å². The van der Waals surface area contributed by atoms with Crippen molar-refractivity contribution in [1.82, 2.24) is 15.1 Å². The molecule has 192 valence electrons. The second kappa shape index (κ2) is 12.1. The van der Waals surface area contributed by atoms with Gasteiger partial charge in [-0.2, -0.15) is 0 Å². The molecule has 0 aliphatic carbocycles. The molecule has 0 saturated carbocycles. The number of carbonyl (C=O) groups excluding carboxylic acids is 1. The first kappa shape index (κ1) is 27.9. The van der Waals surface area contributed by atoms with Crippen LogP contribution in [0.15, 0.2) is 58.4 Å². The predicted octanol–water partition coefficient (Wildman–Crippen LogP) is 3.92. The lowest BCUT2D eigenvalue weighted by Gasteiger charge is -2.17. The molecule has 13 heteroatoms. The molecule has 0 spiro atoms. The standard InChI is InChI=1S/C23H23Cl3N4O5S/c1-29(13-15-4-6-16(7-5-15)22-28-11-12-30(22)23(32)33)19(31)3-2-10-27-14-36(34,35)18-9-8-17(24)20(25)21(18)26/h2-9,27H,10-14H2,1H3,(H,32,33). The molecular formula is C23H23Cl3N4O5S. The van der Waals surface area contributed by atoms with Crippen LogP contribution in [0.4, 0.5) is 4.79 Å². The van der Waals surface area contributed by atoms with Gasteiger partial charge in [0.2, 0.25) is 5.91 Å². The molecule has 36 heavy (non-hydrogen) atoms. The fourth-order valence-electron chi connectivity index (χ4n) is 3.38. The zero-order chi connectivity index (χ0) is 26.5. The summed E-state index contributed by atoms with van der Waals surface area (Å²) in [6, 6.07) is 9.81. The number of likely N-dealkylation sites (N-methyl/N-ethyl adjacent to an activating group) is 1. The fourth-order valence-corrected chi connectivity index (χ4v) is 5.52. The van der Waals surface area contributed by atoms with Gasteiger partial charge in [-0.05, 0) is 17.7 Å². The smallest absolute Gasteiger partial charge is 0.413 e. The molecule has 1 heterocycles. The zero-order valence-corrected chi connectivity index (χ0v) is 22.2. The third kappa shape index (κ3) is 6.77. The third-order valence-electron chi connectivity index (χ3n) is 5.23. The van der Waals surface area contributed by atoms with Crippen molar-refractivity contribution in [2.75, 3.05) is 32.6 Å². The number of rotatable bonds is 9. The van der Waals surface area contributed by atoms with Gasteiger partial charge in [-0.3, -0.25) is 20.0 Å². The molecule has 1 aliphatic rings. The molecule has 2 aromatic carbocycles. The van der Waals surface area contributed by atoms with E-state index in [0.717, 1.165) is 5.56 Å². The molecule has 2 N–H and O–H groups in total. The number of amides is 2. The minimum atomic E-state index is -3.77. The number of hydrogen-bond acceptors (Lipinski definition) is 6. The number of carbonyl (C=O) groups is 2. The summed E-state index contributed by atoms with van der Waals surface area (Å²) in [6.07, 6.45) is 1.82. The van der Waals surface area contributed by atoms with Crippen LogP contribution in [0.25, 0.3) is 0 Å². The molecule has 3 rings (SSSR count). The van der Waals surface area contributed by atoms with Gasteiger partial charge in [0.1, 0.15) is 11.7 Å². The molecule has 1 aliphatic heterocycles. The van der Waals surface area contributed by atoms with Gasteiger partial charge in [-0.15, -0.1) is 0 Å². The first-order valence-electron chi connectivity index (χ1n) is 10.6. The van der Waals surface area contributed by atoms with Crippen molar-refractivity contribution < 1.29 is 23.1 Å². The molecule has 0 radical (unpaired) electrons. The van der Waals surface area contributed by atoms with Gasteiger partial charge in [0.15, 0.2) is 9.84 Å². The van der Waals surface area contributed by atoms with Gasteiger partial charge in [0.05, 0.1) is 33.1 Å². The summed E-state index contributed by atoms with van der Waals surface area (Å²) >= 11 is 17.8. The molecule has 2 aromatic rings. The van der Waals surface area contributed by atoms with Crippen LogP contribution in [0.5, 0.6) is 0 Å². The minimum absolute atomic E-state index is 0.0305. The van der Waals surface area contributed by atoms with Crippen LogP contribution >= 0.6 is 34.8 Å². The summed E-state index contributed by atoms with van der Waals surface area (Å²) in [7, 11) is -2.13. The molecule has 0 saturated heterocycles. The Bertz CT molecular complexity index is 1310. The third-order valence-corrected chi connectivity index (χ3v) is 8.23. The Kier molecular flexibility index (Phi) is 9.37. The lowest BCUT2D eigenvalue weighted by atomic mass is 10.1. The summed E-state index contributed by atoms with van der Waals surface area (Å²) in [6.45, 7) is 1.22. The highest BCUT2D eigenvalue weighted by atomic mass is 35.5. The Morgan fingerprint density at radius 2 is 1.83 bits per heavy atom. The normalized spacial score (nSPS) is 13.8. The molecule has 0 fully saturated rings. The van der Waals surface area contributed by atoms with Crippen molar-refractivity contribution in [2.24, 2.45) is 4.99 Å². The van der Waals surface area contributed by atoms with Crippen molar-refractivity contribution >= 4 is 62.5 Å². The van der Waals surface area contributed by atoms with Crippen molar-refractivity contribution in [1.29, 1.82) is 0 Å². The van der Waals surface area contributed by atoms with Gasteiger partial charge in [-0.1, -0.05) is 65.1 Å². The van der Waals surface area contributed by atoms with E-state index in [2.05, 4.69) is 10.3 Å². The lowest BCUT2D eigenvalue weighted by molar-refractivity contribution is -0.125. The van der Waals surface area contributed by atoms with Crippen LogP contribution in [-0.4, -0.2) is 73.7 Å². The van der Waals surface area contributed by atoms with E-state index in [1.54, 1.807) is 19.2 Å². The molecular weight excluding hydrogens is 551 g/mol. The lowest BCUT2D eigenvalue weighted by Crippen LogP contribution is -2.33. The van der Waals surface area contributed by atoms with Crippen molar-refractivity contribution in [3.8, 4) is 0 Å². The number of nitrogens with zero attached hydrogens (tertiary/aromatic N) is 3. The van der Waals surface area contributed by atoms with Crippen LogP contribution in [0.2, 0.25) is 15.1 Å². The first-order chi connectivity index (χ1) is 17.0. The maximum atomic E-state index is 12.5. The monoisotopic (exact) mass is 572 g/mol. The maximum absolute atomic E-state index is 12.5. The highest BCUT2D eigenvalue weighted by Crippen LogP contribution is 2.35. The number of sulfone groups is 1. The number of nitrogens with one attached hydrogen (secondary N) is 1. The highest BCUT2D eigenvalue weighted by Gasteiger charge is 2.24. The minimum Gasteiger partial charge on any atom is -0.465 e. The Labute approximate surface area is 223 Å². The van der Waals surface area contributed by atoms with Crippen LogP contribution in [0, 0.1) is 0 Å². The maximum Gasteiger partial charge on any atom is 0.413 e. The van der Waals surface area contributed by atoms with Gasteiger partial charge < -0.3 is 10.0 Å². The van der Waals surface area contributed by atoms with Crippen LogP contribution < -0.4 is 5.32 Å². The summed E-state index contributed by atoms with van der Waals surface area (Å²) in [5.41, 5.74) is 1.54. The SMILES string of the molecule is CN(Cc1ccc(C2=NCCN2C(=O)O)cc1)C(=O)C=CCNCS(=O)(=O)c1ccc(Cl)c(Cl)c1Cl. The molecule has 0 bridgehead atoms. The van der Waals surface area contributed by atoms with E-state index in [0.29, 0.717) is 31.0 Å². The summed E-state index contributed by atoms with van der Waals surface area (Å²) < 4.78 is 25.0. The van der Waals surface area contributed by atoms with Crippen molar-refractivity contribution in [3.63, 3.8) is 0 Å². The molecule has 0 unspecified atom stereocenters. The Hall–Kier alpha value is -2.63. The largest absolute Gasteiger partial charge is 0.465 e. The zero-order valence-electron chi connectivity index (χ0n) is 19.1. The van der Waals surface area contributed by atoms with Crippen molar-refractivity contribution in [3.05, 3.63) is 74.7 Å². The highest BCUT2D eigenvalue weighted by molar-refractivity contribution is 7.91. The average molecular weight is 574 g/mol. The van der Waals surface area contributed by atoms with E-state index in [1.165, 1.54) is 34.1 Å². The second-order valence-corrected chi connectivity index (χ2v) is 10.9. The van der Waals surface area contributed by atoms with Crippen LogP contribution in [-0.2, 0) is 21.2 Å². The Morgan fingerprint density at radius 3 is 2.50 bits per heavy atom. The van der Waals surface area contributed by atoms with E-state index >= 15 is 0 Å². The number of aliphatic imine (C=N–C) groups is 1.